The molecule has 0 aliphatic rings. The Labute approximate surface area is 47.9 Å². The fraction of sp³-hybridized carbons (Fsp3) is 0.500. The van der Waals surface area contributed by atoms with E-state index in [9.17, 15) is 0 Å². The summed E-state index contributed by atoms with van der Waals surface area (Å²) in [6.07, 6.45) is 0. The molecule has 7 heavy (non-hydrogen) atoms. The zero-order valence-corrected chi connectivity index (χ0v) is 4.73. The number of primary amides is 2. The van der Waals surface area contributed by atoms with E-state index in [1.165, 1.54) is 0 Å². The van der Waals surface area contributed by atoms with Crippen LogP contribution in [0.1, 0.15) is 0 Å². The van der Waals surface area contributed by atoms with Gasteiger partial charge in [0.05, 0.1) is 0 Å². The maximum atomic E-state index is 9.00. The second kappa shape index (κ2) is 17.8. The molecule has 0 spiro atoms. The number of halogens is 1. The molecule has 0 fully saturated rings. The fourth-order valence-electron chi connectivity index (χ4n) is 0. The number of nitrogens with two attached hydrogens (primary N) is 2. The summed E-state index contributed by atoms with van der Waals surface area (Å²) in [4.78, 5) is 9.00. The maximum absolute atomic E-state index is 9.00. The average Bonchev–Trinajstić information content (AvgIpc) is 1.41. The molecule has 5 heteroatoms. The summed E-state index contributed by atoms with van der Waals surface area (Å²) in [7, 11) is 1.00. The van der Waals surface area contributed by atoms with Crippen LogP contribution in [0.25, 0.3) is 0 Å². The molecule has 0 aliphatic carbocycles. The van der Waals surface area contributed by atoms with Crippen molar-refractivity contribution < 1.29 is 9.90 Å². The summed E-state index contributed by atoms with van der Waals surface area (Å²) in [6, 6.07) is -0.833. The molecule has 0 heterocycles. The van der Waals surface area contributed by atoms with E-state index in [0.29, 0.717) is 0 Å². The molecule has 0 unspecified atom stereocenters. The van der Waals surface area contributed by atoms with E-state index in [2.05, 4.69) is 11.5 Å². The van der Waals surface area contributed by atoms with Gasteiger partial charge in [0.25, 0.3) is 0 Å². The monoisotopic (exact) mass is 128 g/mol. The molecule has 4 nitrogen and oxygen atoms in total. The smallest absolute Gasteiger partial charge is 0.309 e. The van der Waals surface area contributed by atoms with E-state index in [-0.39, 0.29) is 12.4 Å². The molecule has 46 valence electrons. The van der Waals surface area contributed by atoms with Crippen molar-refractivity contribution in [3.63, 3.8) is 0 Å². The molecule has 0 saturated carbocycles. The molecule has 0 aromatic heterocycles. The molecule has 0 rings (SSSR count). The third-order valence-electron chi connectivity index (χ3n) is 0. The molecule has 0 aromatic rings. The Morgan fingerprint density at radius 3 is 1.43 bits per heavy atom. The SMILES string of the molecule is CO.Cl.NC(N)=O. The topological polar surface area (TPSA) is 89.3 Å². The molecule has 0 aliphatic heterocycles. The van der Waals surface area contributed by atoms with Crippen LogP contribution >= 0.6 is 12.4 Å². The van der Waals surface area contributed by atoms with Crippen LogP contribution in [0.15, 0.2) is 0 Å². The van der Waals surface area contributed by atoms with E-state index in [0.717, 1.165) is 7.11 Å². The van der Waals surface area contributed by atoms with Crippen molar-refractivity contribution in [1.82, 2.24) is 0 Å². The van der Waals surface area contributed by atoms with Gasteiger partial charge in [0.15, 0.2) is 0 Å². The van der Waals surface area contributed by atoms with Crippen molar-refractivity contribution in [2.75, 3.05) is 7.11 Å². The lowest BCUT2D eigenvalue weighted by molar-refractivity contribution is 0.256. The minimum atomic E-state index is -0.833. The van der Waals surface area contributed by atoms with E-state index in [1.54, 1.807) is 0 Å². The Balaban J connectivity index is -0.0000000480. The summed E-state index contributed by atoms with van der Waals surface area (Å²) < 4.78 is 0. The minimum absolute atomic E-state index is 0. The van der Waals surface area contributed by atoms with Gasteiger partial charge in [-0.25, -0.2) is 4.79 Å². The summed E-state index contributed by atoms with van der Waals surface area (Å²) in [5, 5.41) is 7.00. The van der Waals surface area contributed by atoms with Gasteiger partial charge in [-0.1, -0.05) is 0 Å². The molecular weight excluding hydrogens is 119 g/mol. The first kappa shape index (κ1) is 16.0. The summed E-state index contributed by atoms with van der Waals surface area (Å²) in [5.41, 5.74) is 8.50. The number of amides is 2. The molecule has 0 radical (unpaired) electrons. The number of carbonyl (C=O) groups excluding carboxylic acids is 1. The van der Waals surface area contributed by atoms with Crippen LogP contribution in [0.3, 0.4) is 0 Å². The molecule has 5 N–H and O–H groups in total. The largest absolute Gasteiger partial charge is 0.400 e. The second-order valence-electron chi connectivity index (χ2n) is 0.402. The van der Waals surface area contributed by atoms with Crippen molar-refractivity contribution >= 4 is 18.4 Å². The predicted octanol–water partition coefficient (Wildman–Crippen LogP) is -0.946. The van der Waals surface area contributed by atoms with Gasteiger partial charge in [0.2, 0.25) is 0 Å². The Morgan fingerprint density at radius 1 is 1.43 bits per heavy atom. The first-order valence-electron chi connectivity index (χ1n) is 1.23. The number of aliphatic hydroxyl groups excluding tert-OH is 1. The van der Waals surface area contributed by atoms with Gasteiger partial charge in [-0.3, -0.25) is 0 Å². The lowest BCUT2D eigenvalue weighted by atomic mass is 11.2. The van der Waals surface area contributed by atoms with Crippen molar-refractivity contribution in [2.45, 2.75) is 0 Å². The van der Waals surface area contributed by atoms with Gasteiger partial charge >= 0.3 is 6.03 Å². The number of hydrogen-bond acceptors (Lipinski definition) is 2. The summed E-state index contributed by atoms with van der Waals surface area (Å²) in [6.45, 7) is 0. The molecule has 2 amide bonds. The van der Waals surface area contributed by atoms with Crippen molar-refractivity contribution in [3.8, 4) is 0 Å². The predicted molar refractivity (Wildman–Crippen MR) is 29.2 cm³/mol. The van der Waals surface area contributed by atoms with Crippen LogP contribution in [0, 0.1) is 0 Å². The Hall–Kier alpha value is -0.480. The number of urea groups is 1. The zero-order chi connectivity index (χ0) is 5.58. The zero-order valence-electron chi connectivity index (χ0n) is 3.92. The minimum Gasteiger partial charge on any atom is -0.400 e. The highest BCUT2D eigenvalue weighted by molar-refractivity contribution is 5.85. The van der Waals surface area contributed by atoms with E-state index < -0.39 is 6.03 Å². The lowest BCUT2D eigenvalue weighted by Gasteiger charge is -1.62. The Morgan fingerprint density at radius 2 is 1.43 bits per heavy atom. The highest BCUT2D eigenvalue weighted by Gasteiger charge is 1.60. The van der Waals surface area contributed by atoms with Gasteiger partial charge < -0.3 is 16.6 Å². The quantitative estimate of drug-likeness (QED) is 0.393. The fourth-order valence-corrected chi connectivity index (χ4v) is 0. The van der Waals surface area contributed by atoms with E-state index in [1.807, 2.05) is 0 Å². The van der Waals surface area contributed by atoms with Crippen LogP contribution < -0.4 is 11.5 Å². The van der Waals surface area contributed by atoms with Crippen molar-refractivity contribution in [3.05, 3.63) is 0 Å². The third-order valence-corrected chi connectivity index (χ3v) is 0. The van der Waals surface area contributed by atoms with Crippen LogP contribution in [0.2, 0.25) is 0 Å². The summed E-state index contributed by atoms with van der Waals surface area (Å²) in [5.74, 6) is 0. The molecule has 0 bridgehead atoms. The first-order chi connectivity index (χ1) is 2.73. The number of hydrogen-bond donors (Lipinski definition) is 3. The normalized spacial score (nSPS) is 4.29. The van der Waals surface area contributed by atoms with Gasteiger partial charge in [0, 0.05) is 7.11 Å². The lowest BCUT2D eigenvalue weighted by Crippen LogP contribution is -2.18. The number of rotatable bonds is 0. The average molecular weight is 129 g/mol. The maximum Gasteiger partial charge on any atom is 0.309 e. The molecule has 0 saturated heterocycles. The molecule has 0 aromatic carbocycles. The van der Waals surface area contributed by atoms with Crippen LogP contribution in [-0.4, -0.2) is 18.2 Å². The van der Waals surface area contributed by atoms with Crippen molar-refractivity contribution in [1.29, 1.82) is 0 Å². The molecular formula is C2H9ClN2O2. The summed E-state index contributed by atoms with van der Waals surface area (Å²) >= 11 is 0. The standard InChI is InChI=1S/CH4N2O.CH4O.ClH/c2-1(3)4;1-2;/h(H4,2,3,4);2H,1H3;1H. The Bertz CT molecular complexity index is 36.7. The van der Waals surface area contributed by atoms with E-state index >= 15 is 0 Å². The number of aliphatic hydroxyl groups is 1. The number of carbonyl (C=O) groups is 1. The van der Waals surface area contributed by atoms with Gasteiger partial charge in [-0.05, 0) is 0 Å². The Kier molecular flexibility index (Phi) is 40.7. The highest BCUT2D eigenvalue weighted by atomic mass is 35.5. The highest BCUT2D eigenvalue weighted by Crippen LogP contribution is 1.25. The van der Waals surface area contributed by atoms with Gasteiger partial charge in [-0.2, -0.15) is 0 Å². The first-order valence-corrected chi connectivity index (χ1v) is 1.23. The second-order valence-corrected chi connectivity index (χ2v) is 0.402. The van der Waals surface area contributed by atoms with Crippen LogP contribution in [0.4, 0.5) is 4.79 Å². The van der Waals surface area contributed by atoms with Crippen LogP contribution in [0.5, 0.6) is 0 Å². The van der Waals surface area contributed by atoms with Crippen LogP contribution in [-0.2, 0) is 0 Å². The van der Waals surface area contributed by atoms with Gasteiger partial charge in [-0.15, -0.1) is 12.4 Å². The van der Waals surface area contributed by atoms with E-state index in [4.69, 9.17) is 9.90 Å². The molecule has 0 atom stereocenters. The van der Waals surface area contributed by atoms with Crippen molar-refractivity contribution in [2.24, 2.45) is 11.5 Å². The van der Waals surface area contributed by atoms with Gasteiger partial charge in [0.1, 0.15) is 0 Å². The third kappa shape index (κ3) is 297.